The Labute approximate surface area is 189 Å². The lowest BCUT2D eigenvalue weighted by Crippen LogP contribution is -2.37. The van der Waals surface area contributed by atoms with Gasteiger partial charge in [0, 0.05) is 43.2 Å². The van der Waals surface area contributed by atoms with Crippen molar-refractivity contribution in [2.75, 3.05) is 24.6 Å². The molecule has 8 heteroatoms. The molecule has 170 valence electrons. The highest BCUT2D eigenvalue weighted by Gasteiger charge is 2.31. The van der Waals surface area contributed by atoms with Crippen LogP contribution in [0, 0.1) is 19.8 Å². The third kappa shape index (κ3) is 6.64. The molecule has 0 spiro atoms. The molecule has 1 aromatic rings. The van der Waals surface area contributed by atoms with E-state index >= 15 is 0 Å². The van der Waals surface area contributed by atoms with Crippen molar-refractivity contribution >= 4 is 28.5 Å². The number of hydrogen-bond donors (Lipinski definition) is 3. The highest BCUT2D eigenvalue weighted by atomic mass is 32.2. The second-order valence-electron chi connectivity index (χ2n) is 8.60. The number of carbonyl (C=O) groups excluding carboxylic acids is 1. The Morgan fingerprint density at radius 1 is 1.39 bits per heavy atom. The van der Waals surface area contributed by atoms with Gasteiger partial charge in [-0.05, 0) is 70.1 Å². The monoisotopic (exact) mass is 445 g/mol. The summed E-state index contributed by atoms with van der Waals surface area (Å²) in [5, 5.41) is 16.1. The molecular formula is C23H35N5O2S. The third-order valence-electron chi connectivity index (χ3n) is 5.59. The summed E-state index contributed by atoms with van der Waals surface area (Å²) in [6, 6.07) is 3.92. The number of hydrazine groups is 1. The summed E-state index contributed by atoms with van der Waals surface area (Å²) in [6.45, 7) is 10.1. The molecular weight excluding hydrogens is 410 g/mol. The number of aromatic hydroxyl groups is 1. The molecule has 1 heterocycles. The van der Waals surface area contributed by atoms with E-state index in [0.29, 0.717) is 24.6 Å². The van der Waals surface area contributed by atoms with Crippen LogP contribution in [-0.2, 0) is 4.79 Å². The molecule has 7 nitrogen and oxygen atoms in total. The first-order valence-corrected chi connectivity index (χ1v) is 11.9. The van der Waals surface area contributed by atoms with E-state index in [4.69, 9.17) is 5.84 Å². The average molecular weight is 446 g/mol. The number of thioether (sulfide) groups is 1. The Kier molecular flexibility index (Phi) is 7.89. The average Bonchev–Trinajstić information content (AvgIpc) is 3.35. The van der Waals surface area contributed by atoms with Gasteiger partial charge in [0.1, 0.15) is 11.4 Å². The van der Waals surface area contributed by atoms with Crippen molar-refractivity contribution in [1.82, 2.24) is 10.2 Å². The fourth-order valence-electron chi connectivity index (χ4n) is 3.94. The van der Waals surface area contributed by atoms with Crippen LogP contribution in [0.3, 0.4) is 0 Å². The Morgan fingerprint density at radius 3 is 2.77 bits per heavy atom. The van der Waals surface area contributed by atoms with Gasteiger partial charge in [0.05, 0.1) is 0 Å². The largest absolute Gasteiger partial charge is 0.506 e. The molecule has 0 bridgehead atoms. The number of anilines is 1. The summed E-state index contributed by atoms with van der Waals surface area (Å²) in [7, 11) is 0. The number of aryl methyl sites for hydroxylation is 2. The molecule has 4 N–H and O–H groups in total. The highest BCUT2D eigenvalue weighted by Crippen LogP contribution is 2.34. The van der Waals surface area contributed by atoms with Crippen molar-refractivity contribution in [3.8, 4) is 5.75 Å². The zero-order valence-electron chi connectivity index (χ0n) is 19.0. The summed E-state index contributed by atoms with van der Waals surface area (Å²) in [5.74, 6) is 7.31. The fourth-order valence-corrected chi connectivity index (χ4v) is 4.83. The van der Waals surface area contributed by atoms with E-state index in [0.717, 1.165) is 40.7 Å². The number of amides is 1. The van der Waals surface area contributed by atoms with Crippen LogP contribution in [0.1, 0.15) is 50.7 Å². The van der Waals surface area contributed by atoms with Crippen molar-refractivity contribution in [1.29, 1.82) is 0 Å². The SMILES string of the molecule is CCN=C(NC1CCN(C(=O)CC2CC2)C1)S/C(C)=C/N(N)c1c(C)cc(C)cc1O. The van der Waals surface area contributed by atoms with Gasteiger partial charge in [0.2, 0.25) is 5.91 Å². The third-order valence-corrected chi connectivity index (χ3v) is 6.46. The molecule has 2 aliphatic rings. The minimum Gasteiger partial charge on any atom is -0.506 e. The van der Waals surface area contributed by atoms with Crippen LogP contribution in [-0.4, -0.2) is 46.8 Å². The molecule has 0 radical (unpaired) electrons. The first kappa shape index (κ1) is 23.5. The number of hydrogen-bond acceptors (Lipinski definition) is 6. The maximum Gasteiger partial charge on any atom is 0.222 e. The maximum atomic E-state index is 12.4. The molecule has 0 aromatic heterocycles. The number of nitrogens with zero attached hydrogens (tertiary/aromatic N) is 3. The Morgan fingerprint density at radius 2 is 2.13 bits per heavy atom. The van der Waals surface area contributed by atoms with E-state index < -0.39 is 0 Å². The lowest BCUT2D eigenvalue weighted by molar-refractivity contribution is -0.130. The number of rotatable bonds is 7. The minimum atomic E-state index is 0.163. The zero-order chi connectivity index (χ0) is 22.5. The van der Waals surface area contributed by atoms with Crippen molar-refractivity contribution in [3.05, 3.63) is 34.4 Å². The number of amidine groups is 1. The van der Waals surface area contributed by atoms with Gasteiger partial charge in [-0.25, -0.2) is 5.84 Å². The molecule has 1 aliphatic heterocycles. The summed E-state index contributed by atoms with van der Waals surface area (Å²) in [5.41, 5.74) is 2.50. The standard InChI is InChI=1S/C23H35N5O2S/c1-5-25-23(26-19-8-9-27(14-19)21(30)12-18-6-7-18)31-17(4)13-28(24)22-16(3)10-15(2)11-20(22)29/h10-11,13,18-19,29H,5-9,12,14,24H2,1-4H3,(H,25,26)/b17-13+. The number of benzene rings is 1. The number of phenols is 1. The molecule has 31 heavy (non-hydrogen) atoms. The predicted molar refractivity (Wildman–Crippen MR) is 129 cm³/mol. The van der Waals surface area contributed by atoms with Crippen LogP contribution in [0.25, 0.3) is 0 Å². The Hall–Kier alpha value is -2.19. The number of nitrogens with two attached hydrogens (primary N) is 1. The summed E-state index contributed by atoms with van der Waals surface area (Å²) in [4.78, 5) is 19.9. The van der Waals surface area contributed by atoms with E-state index in [1.54, 1.807) is 12.3 Å². The number of nitrogens with one attached hydrogen (secondary N) is 1. The fraction of sp³-hybridized carbons (Fsp3) is 0.565. The summed E-state index contributed by atoms with van der Waals surface area (Å²) < 4.78 is 0. The maximum absolute atomic E-state index is 12.4. The van der Waals surface area contributed by atoms with Crippen molar-refractivity contribution in [3.63, 3.8) is 0 Å². The quantitative estimate of drug-likeness (QED) is 0.257. The molecule has 1 saturated carbocycles. The first-order chi connectivity index (χ1) is 14.8. The van der Waals surface area contributed by atoms with Crippen LogP contribution in [0.2, 0.25) is 0 Å². The van der Waals surface area contributed by atoms with Gasteiger partial charge in [0.25, 0.3) is 0 Å². The van der Waals surface area contributed by atoms with Crippen LogP contribution >= 0.6 is 11.8 Å². The lowest BCUT2D eigenvalue weighted by Gasteiger charge is -2.21. The Balaban J connectivity index is 1.59. The van der Waals surface area contributed by atoms with E-state index in [-0.39, 0.29) is 17.7 Å². The zero-order valence-corrected chi connectivity index (χ0v) is 19.8. The van der Waals surface area contributed by atoms with E-state index in [1.165, 1.54) is 29.6 Å². The molecule has 1 amide bonds. The number of phenolic OH excluding ortho intramolecular Hbond substituents is 1. The van der Waals surface area contributed by atoms with Gasteiger partial charge in [-0.3, -0.25) is 14.8 Å². The number of allylic oxidation sites excluding steroid dienone is 1. The van der Waals surface area contributed by atoms with E-state index in [2.05, 4.69) is 10.3 Å². The summed E-state index contributed by atoms with van der Waals surface area (Å²) in [6.07, 6.45) is 5.84. The van der Waals surface area contributed by atoms with Gasteiger partial charge in [-0.2, -0.15) is 0 Å². The molecule has 2 fully saturated rings. The molecule has 1 aliphatic carbocycles. The van der Waals surface area contributed by atoms with Gasteiger partial charge in [0.15, 0.2) is 5.17 Å². The first-order valence-electron chi connectivity index (χ1n) is 11.1. The Bertz CT molecular complexity index is 843. The number of likely N-dealkylation sites (tertiary alicyclic amines) is 1. The summed E-state index contributed by atoms with van der Waals surface area (Å²) >= 11 is 1.52. The smallest absolute Gasteiger partial charge is 0.222 e. The van der Waals surface area contributed by atoms with Gasteiger partial charge in [-0.15, -0.1) is 0 Å². The second-order valence-corrected chi connectivity index (χ2v) is 9.83. The van der Waals surface area contributed by atoms with Crippen LogP contribution < -0.4 is 16.2 Å². The number of carbonyl (C=O) groups is 1. The van der Waals surface area contributed by atoms with Crippen LogP contribution in [0.4, 0.5) is 5.69 Å². The van der Waals surface area contributed by atoms with Gasteiger partial charge >= 0.3 is 0 Å². The molecule has 1 aromatic carbocycles. The lowest BCUT2D eigenvalue weighted by atomic mass is 10.1. The molecule has 3 rings (SSSR count). The van der Waals surface area contributed by atoms with Crippen LogP contribution in [0.5, 0.6) is 5.75 Å². The molecule has 1 saturated heterocycles. The number of aliphatic imine (C=N–C) groups is 1. The van der Waals surface area contributed by atoms with Crippen molar-refractivity contribution < 1.29 is 9.90 Å². The van der Waals surface area contributed by atoms with Crippen molar-refractivity contribution in [2.45, 2.75) is 59.4 Å². The second kappa shape index (κ2) is 10.4. The van der Waals surface area contributed by atoms with Gasteiger partial charge in [-0.1, -0.05) is 17.8 Å². The predicted octanol–water partition coefficient (Wildman–Crippen LogP) is 3.65. The minimum absolute atomic E-state index is 0.163. The van der Waals surface area contributed by atoms with Gasteiger partial charge < -0.3 is 15.3 Å². The highest BCUT2D eigenvalue weighted by molar-refractivity contribution is 8.17. The van der Waals surface area contributed by atoms with Crippen molar-refractivity contribution in [2.24, 2.45) is 16.8 Å². The van der Waals surface area contributed by atoms with E-state index in [1.807, 2.05) is 38.7 Å². The molecule has 1 unspecified atom stereocenters. The molecule has 1 atom stereocenters. The topological polar surface area (TPSA) is 94.2 Å². The van der Waals surface area contributed by atoms with E-state index in [9.17, 15) is 9.90 Å². The van der Waals surface area contributed by atoms with Crippen LogP contribution in [0.15, 0.2) is 28.2 Å². The normalized spacial score (nSPS) is 19.6.